The molecule has 0 spiro atoms. The molecule has 1 saturated heterocycles. The zero-order valence-electron chi connectivity index (χ0n) is 12.8. The highest BCUT2D eigenvalue weighted by atomic mass is 16.7. The second-order valence-corrected chi connectivity index (χ2v) is 6.05. The topological polar surface area (TPSA) is 21.7 Å². The Kier molecular flexibility index (Phi) is 3.63. The number of anilines is 1. The van der Waals surface area contributed by atoms with Gasteiger partial charge in [0, 0.05) is 18.8 Å². The molecule has 22 heavy (non-hydrogen) atoms. The maximum Gasteiger partial charge on any atom is 0.231 e. The molecule has 2 aliphatic rings. The van der Waals surface area contributed by atoms with E-state index in [-0.39, 0.29) is 0 Å². The molecule has 0 atom stereocenters. The molecule has 0 aromatic heterocycles. The van der Waals surface area contributed by atoms with Gasteiger partial charge >= 0.3 is 0 Å². The summed E-state index contributed by atoms with van der Waals surface area (Å²) < 4.78 is 10.8. The number of nitrogens with zero attached hydrogens (tertiary/aromatic N) is 1. The molecule has 0 aliphatic carbocycles. The summed E-state index contributed by atoms with van der Waals surface area (Å²) in [6.07, 6.45) is 4.73. The molecular formula is C19H21NO2. The predicted molar refractivity (Wildman–Crippen MR) is 87.9 cm³/mol. The summed E-state index contributed by atoms with van der Waals surface area (Å²) in [4.78, 5) is 2.47. The average Bonchev–Trinajstić information content (AvgIpc) is 3.24. The van der Waals surface area contributed by atoms with E-state index in [9.17, 15) is 0 Å². The molecule has 0 amide bonds. The van der Waals surface area contributed by atoms with E-state index >= 15 is 0 Å². The van der Waals surface area contributed by atoms with Gasteiger partial charge < -0.3 is 14.4 Å². The van der Waals surface area contributed by atoms with Crippen LogP contribution in [0.25, 0.3) is 0 Å². The van der Waals surface area contributed by atoms with Gasteiger partial charge in [-0.2, -0.15) is 0 Å². The van der Waals surface area contributed by atoms with Gasteiger partial charge in [0.15, 0.2) is 11.5 Å². The molecule has 114 valence electrons. The van der Waals surface area contributed by atoms with Crippen molar-refractivity contribution in [3.8, 4) is 11.5 Å². The van der Waals surface area contributed by atoms with E-state index in [4.69, 9.17) is 9.47 Å². The van der Waals surface area contributed by atoms with Crippen LogP contribution < -0.4 is 14.4 Å². The van der Waals surface area contributed by atoms with Crippen molar-refractivity contribution in [3.63, 3.8) is 0 Å². The number of aryl methyl sites for hydroxylation is 2. The number of hydrogen-bond donors (Lipinski definition) is 0. The van der Waals surface area contributed by atoms with E-state index in [1.165, 1.54) is 42.7 Å². The van der Waals surface area contributed by atoms with Crippen LogP contribution in [0.1, 0.15) is 24.0 Å². The summed E-state index contributed by atoms with van der Waals surface area (Å²) in [6, 6.07) is 15.3. The van der Waals surface area contributed by atoms with Crippen LogP contribution in [0.15, 0.2) is 42.5 Å². The van der Waals surface area contributed by atoms with Gasteiger partial charge in [-0.15, -0.1) is 0 Å². The van der Waals surface area contributed by atoms with E-state index in [0.717, 1.165) is 24.3 Å². The molecule has 3 nitrogen and oxygen atoms in total. The molecule has 1 fully saturated rings. The third kappa shape index (κ3) is 2.76. The van der Waals surface area contributed by atoms with Crippen LogP contribution in [-0.4, -0.2) is 19.9 Å². The van der Waals surface area contributed by atoms with Gasteiger partial charge in [0.05, 0.1) is 0 Å². The third-order valence-electron chi connectivity index (χ3n) is 4.55. The van der Waals surface area contributed by atoms with Crippen LogP contribution in [0.3, 0.4) is 0 Å². The fourth-order valence-corrected chi connectivity index (χ4v) is 3.23. The Labute approximate surface area is 131 Å². The Morgan fingerprint density at radius 1 is 0.773 bits per heavy atom. The highest BCUT2D eigenvalue weighted by molar-refractivity contribution is 5.48. The van der Waals surface area contributed by atoms with Crippen molar-refractivity contribution in [2.24, 2.45) is 0 Å². The molecule has 2 heterocycles. The molecule has 3 heteroatoms. The van der Waals surface area contributed by atoms with Crippen molar-refractivity contribution >= 4 is 5.69 Å². The van der Waals surface area contributed by atoms with E-state index in [1.54, 1.807) is 0 Å². The average molecular weight is 295 g/mol. The van der Waals surface area contributed by atoms with Crippen LogP contribution in [0.2, 0.25) is 0 Å². The van der Waals surface area contributed by atoms with Gasteiger partial charge in [-0.25, -0.2) is 0 Å². The number of rotatable bonds is 4. The Bertz CT molecular complexity index is 645. The normalized spacial score (nSPS) is 16.3. The van der Waals surface area contributed by atoms with E-state index in [2.05, 4.69) is 41.3 Å². The molecule has 0 saturated carbocycles. The summed E-state index contributed by atoms with van der Waals surface area (Å²) >= 11 is 0. The molecule has 4 rings (SSSR count). The summed E-state index contributed by atoms with van der Waals surface area (Å²) in [5, 5.41) is 0. The molecule has 0 radical (unpaired) electrons. The van der Waals surface area contributed by atoms with Crippen LogP contribution in [-0.2, 0) is 12.8 Å². The Balaban J connectivity index is 1.39. The second kappa shape index (κ2) is 5.91. The van der Waals surface area contributed by atoms with Crippen molar-refractivity contribution in [2.45, 2.75) is 25.7 Å². The van der Waals surface area contributed by atoms with Crippen LogP contribution in [0.5, 0.6) is 11.5 Å². The van der Waals surface area contributed by atoms with Gasteiger partial charge in [0.25, 0.3) is 0 Å². The number of hydrogen-bond acceptors (Lipinski definition) is 3. The standard InChI is InChI=1S/C19H21NO2/c1-2-12-20(11-1)17-8-5-15(6-9-17)3-4-16-7-10-18-19(13-16)22-14-21-18/h5-10,13H,1-4,11-12,14H2. The molecular weight excluding hydrogens is 274 g/mol. The monoisotopic (exact) mass is 295 g/mol. The molecule has 0 unspecified atom stereocenters. The molecule has 2 aromatic rings. The first-order valence-corrected chi connectivity index (χ1v) is 8.11. The van der Waals surface area contributed by atoms with Crippen molar-refractivity contribution in [1.82, 2.24) is 0 Å². The van der Waals surface area contributed by atoms with Gasteiger partial charge in [-0.05, 0) is 61.1 Å². The molecule has 2 aromatic carbocycles. The first-order valence-electron chi connectivity index (χ1n) is 8.11. The lowest BCUT2D eigenvalue weighted by atomic mass is 10.0. The van der Waals surface area contributed by atoms with E-state index in [0.29, 0.717) is 6.79 Å². The Morgan fingerprint density at radius 2 is 1.45 bits per heavy atom. The van der Waals surface area contributed by atoms with Gasteiger partial charge in [-0.3, -0.25) is 0 Å². The maximum absolute atomic E-state index is 5.44. The van der Waals surface area contributed by atoms with Crippen molar-refractivity contribution in [1.29, 1.82) is 0 Å². The molecule has 0 bridgehead atoms. The fourth-order valence-electron chi connectivity index (χ4n) is 3.23. The zero-order chi connectivity index (χ0) is 14.8. The third-order valence-corrected chi connectivity index (χ3v) is 4.55. The first-order chi connectivity index (χ1) is 10.9. The Morgan fingerprint density at radius 3 is 2.27 bits per heavy atom. The first kappa shape index (κ1) is 13.5. The van der Waals surface area contributed by atoms with Crippen molar-refractivity contribution in [3.05, 3.63) is 53.6 Å². The largest absolute Gasteiger partial charge is 0.454 e. The van der Waals surface area contributed by atoms with Gasteiger partial charge in [0.2, 0.25) is 6.79 Å². The highest BCUT2D eigenvalue weighted by Crippen LogP contribution is 2.32. The SMILES string of the molecule is c1cc(N2CCCC2)ccc1CCc1ccc2c(c1)OCO2. The summed E-state index contributed by atoms with van der Waals surface area (Å²) in [5.74, 6) is 1.74. The maximum atomic E-state index is 5.44. The van der Waals surface area contributed by atoms with Crippen molar-refractivity contribution in [2.75, 3.05) is 24.8 Å². The molecule has 2 aliphatic heterocycles. The minimum absolute atomic E-state index is 0.344. The smallest absolute Gasteiger partial charge is 0.231 e. The highest BCUT2D eigenvalue weighted by Gasteiger charge is 2.13. The second-order valence-electron chi connectivity index (χ2n) is 6.05. The van der Waals surface area contributed by atoms with E-state index in [1.807, 2.05) is 6.07 Å². The minimum Gasteiger partial charge on any atom is -0.454 e. The van der Waals surface area contributed by atoms with E-state index < -0.39 is 0 Å². The lowest BCUT2D eigenvalue weighted by Gasteiger charge is -2.17. The summed E-state index contributed by atoms with van der Waals surface area (Å²) in [5.41, 5.74) is 4.05. The van der Waals surface area contributed by atoms with Gasteiger partial charge in [0.1, 0.15) is 0 Å². The number of ether oxygens (including phenoxy) is 2. The predicted octanol–water partition coefficient (Wildman–Crippen LogP) is 3.80. The number of fused-ring (bicyclic) bond motifs is 1. The zero-order valence-corrected chi connectivity index (χ0v) is 12.8. The lowest BCUT2D eigenvalue weighted by Crippen LogP contribution is -2.17. The van der Waals surface area contributed by atoms with Crippen LogP contribution in [0, 0.1) is 0 Å². The Hall–Kier alpha value is -2.16. The van der Waals surface area contributed by atoms with Crippen molar-refractivity contribution < 1.29 is 9.47 Å². The quantitative estimate of drug-likeness (QED) is 0.856. The van der Waals surface area contributed by atoms with Crippen LogP contribution >= 0.6 is 0 Å². The lowest BCUT2D eigenvalue weighted by molar-refractivity contribution is 0.174. The molecule has 0 N–H and O–H groups in total. The van der Waals surface area contributed by atoms with Gasteiger partial charge in [-0.1, -0.05) is 18.2 Å². The summed E-state index contributed by atoms with van der Waals surface area (Å²) in [6.45, 7) is 2.75. The fraction of sp³-hybridized carbons (Fsp3) is 0.368. The van der Waals surface area contributed by atoms with Crippen LogP contribution in [0.4, 0.5) is 5.69 Å². The number of benzene rings is 2. The summed E-state index contributed by atoms with van der Waals surface area (Å²) in [7, 11) is 0. The minimum atomic E-state index is 0.344.